The monoisotopic (exact) mass is 345 g/mol. The molecular formula is C17H23N5OS. The summed E-state index contributed by atoms with van der Waals surface area (Å²) in [5, 5.41) is 12.5. The lowest BCUT2D eigenvalue weighted by Gasteiger charge is -2.39. The fourth-order valence-corrected chi connectivity index (χ4v) is 4.02. The van der Waals surface area contributed by atoms with Gasteiger partial charge in [-0.15, -0.1) is 5.10 Å². The third-order valence-electron chi connectivity index (χ3n) is 4.48. The van der Waals surface area contributed by atoms with E-state index >= 15 is 0 Å². The number of thioether (sulfide) groups is 1. The highest BCUT2D eigenvalue weighted by atomic mass is 32.2. The summed E-state index contributed by atoms with van der Waals surface area (Å²) in [6, 6.07) is 10.7. The number of tetrazole rings is 1. The van der Waals surface area contributed by atoms with E-state index in [0.29, 0.717) is 29.5 Å². The van der Waals surface area contributed by atoms with E-state index in [4.69, 9.17) is 0 Å². The maximum Gasteiger partial charge on any atom is 0.233 e. The summed E-state index contributed by atoms with van der Waals surface area (Å²) in [6.45, 7) is 4.89. The van der Waals surface area contributed by atoms with Crippen LogP contribution < -0.4 is 0 Å². The van der Waals surface area contributed by atoms with Gasteiger partial charge in [0.25, 0.3) is 0 Å². The number of hydrogen-bond acceptors (Lipinski definition) is 5. The van der Waals surface area contributed by atoms with Gasteiger partial charge in [-0.1, -0.05) is 42.1 Å². The van der Waals surface area contributed by atoms with E-state index in [9.17, 15) is 4.79 Å². The fraction of sp³-hybridized carbons (Fsp3) is 0.529. The van der Waals surface area contributed by atoms with Crippen LogP contribution in [0.2, 0.25) is 0 Å². The molecule has 1 fully saturated rings. The van der Waals surface area contributed by atoms with Gasteiger partial charge in [0, 0.05) is 12.1 Å². The summed E-state index contributed by atoms with van der Waals surface area (Å²) in [5.41, 5.74) is 1.14. The van der Waals surface area contributed by atoms with E-state index in [1.54, 1.807) is 4.68 Å². The van der Waals surface area contributed by atoms with Crippen LogP contribution in [0.3, 0.4) is 0 Å². The second-order valence-electron chi connectivity index (χ2n) is 6.32. The van der Waals surface area contributed by atoms with Crippen molar-refractivity contribution in [3.05, 3.63) is 35.9 Å². The molecular weight excluding hydrogens is 322 g/mol. The SMILES string of the molecule is C[C@@H]1CCC[C@H](C)N1C(=O)CSc1nnnn1Cc1ccccc1. The number of benzene rings is 1. The number of rotatable bonds is 5. The Morgan fingerprint density at radius 3 is 2.62 bits per heavy atom. The zero-order chi connectivity index (χ0) is 16.9. The highest BCUT2D eigenvalue weighted by molar-refractivity contribution is 7.99. The Kier molecular flexibility index (Phi) is 5.50. The second-order valence-corrected chi connectivity index (χ2v) is 7.27. The average Bonchev–Trinajstić information content (AvgIpc) is 3.01. The van der Waals surface area contributed by atoms with Gasteiger partial charge in [-0.3, -0.25) is 4.79 Å². The van der Waals surface area contributed by atoms with Crippen LogP contribution in [-0.2, 0) is 11.3 Å². The highest BCUT2D eigenvalue weighted by Crippen LogP contribution is 2.24. The van der Waals surface area contributed by atoms with E-state index in [-0.39, 0.29) is 5.91 Å². The van der Waals surface area contributed by atoms with Gasteiger partial charge in [-0.2, -0.15) is 0 Å². The topological polar surface area (TPSA) is 63.9 Å². The van der Waals surface area contributed by atoms with E-state index in [1.807, 2.05) is 35.2 Å². The third kappa shape index (κ3) is 3.95. The number of hydrogen-bond donors (Lipinski definition) is 0. The smallest absolute Gasteiger partial charge is 0.233 e. The number of likely N-dealkylation sites (tertiary alicyclic amines) is 1. The average molecular weight is 345 g/mol. The van der Waals surface area contributed by atoms with Gasteiger partial charge in [0.15, 0.2) is 0 Å². The molecule has 1 aliphatic heterocycles. The summed E-state index contributed by atoms with van der Waals surface area (Å²) in [6.07, 6.45) is 3.38. The predicted octanol–water partition coefficient (Wildman–Crippen LogP) is 2.60. The molecule has 1 aliphatic rings. The molecule has 0 radical (unpaired) electrons. The first kappa shape index (κ1) is 17.0. The quantitative estimate of drug-likeness (QED) is 0.780. The van der Waals surface area contributed by atoms with E-state index < -0.39 is 0 Å². The summed E-state index contributed by atoms with van der Waals surface area (Å²) < 4.78 is 1.75. The molecule has 0 saturated carbocycles. The molecule has 0 bridgehead atoms. The van der Waals surface area contributed by atoms with Crippen LogP contribution in [0.1, 0.15) is 38.7 Å². The Balaban J connectivity index is 1.61. The first-order valence-electron chi connectivity index (χ1n) is 8.39. The number of nitrogens with zero attached hydrogens (tertiary/aromatic N) is 5. The Labute approximate surface area is 146 Å². The third-order valence-corrected chi connectivity index (χ3v) is 5.42. The van der Waals surface area contributed by atoms with Crippen LogP contribution in [0.5, 0.6) is 0 Å². The maximum atomic E-state index is 12.6. The van der Waals surface area contributed by atoms with Crippen molar-refractivity contribution >= 4 is 17.7 Å². The zero-order valence-corrected chi connectivity index (χ0v) is 14.9. The van der Waals surface area contributed by atoms with Gasteiger partial charge in [0.1, 0.15) is 0 Å². The van der Waals surface area contributed by atoms with Crippen LogP contribution in [0.4, 0.5) is 0 Å². The maximum absolute atomic E-state index is 12.6. The number of amides is 1. The molecule has 24 heavy (non-hydrogen) atoms. The Morgan fingerprint density at radius 1 is 1.21 bits per heavy atom. The summed E-state index contributed by atoms with van der Waals surface area (Å²) >= 11 is 1.41. The molecule has 6 nitrogen and oxygen atoms in total. The van der Waals surface area contributed by atoms with Crippen LogP contribution >= 0.6 is 11.8 Å². The molecule has 2 atom stereocenters. The lowest BCUT2D eigenvalue weighted by molar-refractivity contribution is -0.134. The Morgan fingerprint density at radius 2 is 1.92 bits per heavy atom. The van der Waals surface area contributed by atoms with Crippen LogP contribution in [-0.4, -0.2) is 48.9 Å². The molecule has 2 aromatic rings. The minimum Gasteiger partial charge on any atom is -0.337 e. The molecule has 1 aromatic carbocycles. The fourth-order valence-electron chi connectivity index (χ4n) is 3.27. The van der Waals surface area contributed by atoms with Gasteiger partial charge in [-0.25, -0.2) is 4.68 Å². The van der Waals surface area contributed by atoms with Crippen molar-refractivity contribution in [2.45, 2.75) is 56.9 Å². The van der Waals surface area contributed by atoms with Gasteiger partial charge < -0.3 is 4.90 Å². The molecule has 1 saturated heterocycles. The Bertz CT molecular complexity index is 665. The van der Waals surface area contributed by atoms with Crippen LogP contribution in [0.15, 0.2) is 35.5 Å². The first-order valence-corrected chi connectivity index (χ1v) is 9.37. The van der Waals surface area contributed by atoms with Crippen molar-refractivity contribution in [2.75, 3.05) is 5.75 Å². The first-order chi connectivity index (χ1) is 11.6. The van der Waals surface area contributed by atoms with Crippen LogP contribution in [0.25, 0.3) is 0 Å². The van der Waals surface area contributed by atoms with Gasteiger partial charge in [-0.05, 0) is 49.1 Å². The second kappa shape index (κ2) is 7.79. The van der Waals surface area contributed by atoms with Crippen molar-refractivity contribution in [1.29, 1.82) is 0 Å². The van der Waals surface area contributed by atoms with Gasteiger partial charge >= 0.3 is 0 Å². The van der Waals surface area contributed by atoms with E-state index in [2.05, 4.69) is 29.4 Å². The summed E-state index contributed by atoms with van der Waals surface area (Å²) in [4.78, 5) is 14.6. The molecule has 0 aliphatic carbocycles. The number of carbonyl (C=O) groups is 1. The molecule has 0 unspecified atom stereocenters. The zero-order valence-electron chi connectivity index (χ0n) is 14.1. The van der Waals surface area contributed by atoms with Crippen molar-refractivity contribution in [3.63, 3.8) is 0 Å². The highest BCUT2D eigenvalue weighted by Gasteiger charge is 2.29. The number of carbonyl (C=O) groups excluding carboxylic acids is 1. The predicted molar refractivity (Wildman–Crippen MR) is 93.7 cm³/mol. The van der Waals surface area contributed by atoms with Crippen LogP contribution in [0, 0.1) is 0 Å². The van der Waals surface area contributed by atoms with E-state index in [0.717, 1.165) is 18.4 Å². The minimum atomic E-state index is 0.175. The lowest BCUT2D eigenvalue weighted by atomic mass is 9.98. The molecule has 1 aromatic heterocycles. The van der Waals surface area contributed by atoms with Crippen molar-refractivity contribution in [2.24, 2.45) is 0 Å². The normalized spacial score (nSPS) is 21.0. The number of piperidine rings is 1. The molecule has 0 spiro atoms. The van der Waals surface area contributed by atoms with E-state index in [1.165, 1.54) is 18.2 Å². The van der Waals surface area contributed by atoms with Gasteiger partial charge in [0.2, 0.25) is 11.1 Å². The summed E-state index contributed by atoms with van der Waals surface area (Å²) in [7, 11) is 0. The lowest BCUT2D eigenvalue weighted by Crippen LogP contribution is -2.48. The van der Waals surface area contributed by atoms with Crippen molar-refractivity contribution in [3.8, 4) is 0 Å². The molecule has 7 heteroatoms. The minimum absolute atomic E-state index is 0.175. The Hall–Kier alpha value is -1.89. The number of aromatic nitrogens is 4. The molecule has 128 valence electrons. The molecule has 3 rings (SSSR count). The van der Waals surface area contributed by atoms with Crippen molar-refractivity contribution < 1.29 is 4.79 Å². The summed E-state index contributed by atoms with van der Waals surface area (Å²) in [5.74, 6) is 0.554. The largest absolute Gasteiger partial charge is 0.337 e. The molecule has 0 N–H and O–H groups in total. The van der Waals surface area contributed by atoms with Crippen molar-refractivity contribution in [1.82, 2.24) is 25.1 Å². The molecule has 2 heterocycles. The molecule has 1 amide bonds. The van der Waals surface area contributed by atoms with Gasteiger partial charge in [0.05, 0.1) is 12.3 Å². The standard InChI is InChI=1S/C17H23N5OS/c1-13-7-6-8-14(2)22(13)16(23)12-24-17-18-19-20-21(17)11-15-9-4-3-5-10-15/h3-5,9-10,13-14H,6-8,11-12H2,1-2H3/t13-,14+.